The van der Waals surface area contributed by atoms with Crippen molar-refractivity contribution in [3.8, 4) is 0 Å². The summed E-state index contributed by atoms with van der Waals surface area (Å²) in [5.41, 5.74) is 13.5. The van der Waals surface area contributed by atoms with E-state index in [0.717, 1.165) is 66.9 Å². The quantitative estimate of drug-likeness (QED) is 0.102. The molecule has 0 spiro atoms. The van der Waals surface area contributed by atoms with Crippen LogP contribution in [0.4, 0.5) is 22.7 Å². The van der Waals surface area contributed by atoms with Gasteiger partial charge < -0.3 is 9.80 Å². The first kappa shape index (κ1) is 36.2. The van der Waals surface area contributed by atoms with Crippen molar-refractivity contribution < 1.29 is 0 Å². The highest BCUT2D eigenvalue weighted by Crippen LogP contribution is 2.50. The molecule has 9 rings (SSSR count). The summed E-state index contributed by atoms with van der Waals surface area (Å²) in [5, 5.41) is 4.70. The van der Waals surface area contributed by atoms with Gasteiger partial charge in [-0.3, -0.25) is 0 Å². The molecule has 0 bridgehead atoms. The van der Waals surface area contributed by atoms with Crippen LogP contribution in [0.25, 0.3) is 32.7 Å². The average molecular weight is 745 g/mol. The molecule has 9 aromatic carbocycles. The maximum absolute atomic E-state index is 2.43. The molecule has 58 heavy (non-hydrogen) atoms. The molecule has 0 unspecified atom stereocenters. The van der Waals surface area contributed by atoms with Gasteiger partial charge in [0.25, 0.3) is 0 Å². The van der Waals surface area contributed by atoms with Gasteiger partial charge in [-0.25, -0.2) is 0 Å². The lowest BCUT2D eigenvalue weighted by molar-refractivity contribution is 1.24. The van der Waals surface area contributed by atoms with Crippen molar-refractivity contribution in [2.24, 2.45) is 0 Å². The number of rotatable bonds is 10. The minimum absolute atomic E-state index is 1.07. The van der Waals surface area contributed by atoms with E-state index < -0.39 is 0 Å². The summed E-state index contributed by atoms with van der Waals surface area (Å²) in [6.07, 6.45) is 4.70. The fourth-order valence-electron chi connectivity index (χ4n) is 7.90. The first-order chi connectivity index (χ1) is 28.6. The molecule has 0 saturated heterocycles. The molecule has 0 fully saturated rings. The minimum atomic E-state index is 1.07. The monoisotopic (exact) mass is 744 g/mol. The van der Waals surface area contributed by atoms with Gasteiger partial charge in [0.15, 0.2) is 0 Å². The molecule has 0 radical (unpaired) electrons. The summed E-state index contributed by atoms with van der Waals surface area (Å²) >= 11 is 0. The van der Waals surface area contributed by atoms with Crippen LogP contribution in [-0.2, 0) is 0 Å². The van der Waals surface area contributed by atoms with Gasteiger partial charge in [0.2, 0.25) is 0 Å². The van der Waals surface area contributed by atoms with Gasteiger partial charge in [0.05, 0.1) is 11.4 Å². The van der Waals surface area contributed by atoms with Crippen LogP contribution >= 0.6 is 0 Å². The van der Waals surface area contributed by atoms with Crippen LogP contribution in [0.5, 0.6) is 0 Å². The Morgan fingerprint density at radius 2 is 0.552 bits per heavy atom. The van der Waals surface area contributed by atoms with Gasteiger partial charge in [-0.1, -0.05) is 205 Å². The molecule has 0 aromatic heterocycles. The second-order valence-electron chi connectivity index (χ2n) is 14.7. The summed E-state index contributed by atoms with van der Waals surface area (Å²) in [6, 6.07) is 78.6. The molecule has 0 aliphatic rings. The molecular formula is C56H44N2. The number of fused-ring (bicyclic) bond motifs is 3. The van der Waals surface area contributed by atoms with Crippen molar-refractivity contribution in [3.05, 3.63) is 264 Å². The lowest BCUT2D eigenvalue weighted by atomic mass is 9.94. The zero-order valence-electron chi connectivity index (χ0n) is 32.8. The first-order valence-electron chi connectivity index (χ1n) is 19.9. The van der Waals surface area contributed by atoms with Crippen LogP contribution in [-0.4, -0.2) is 0 Å². The second-order valence-corrected chi connectivity index (χ2v) is 14.7. The molecule has 2 nitrogen and oxygen atoms in total. The molecule has 0 saturated carbocycles. The molecular weight excluding hydrogens is 701 g/mol. The van der Waals surface area contributed by atoms with E-state index in [2.05, 4.69) is 254 Å². The van der Waals surface area contributed by atoms with Gasteiger partial charge in [0, 0.05) is 45.7 Å². The molecule has 0 amide bonds. The highest BCUT2D eigenvalue weighted by molar-refractivity contribution is 6.22. The normalized spacial score (nSPS) is 10.9. The van der Waals surface area contributed by atoms with Gasteiger partial charge in [0.1, 0.15) is 0 Å². The van der Waals surface area contributed by atoms with Crippen LogP contribution in [0.15, 0.2) is 231 Å². The molecule has 0 heterocycles. The lowest BCUT2D eigenvalue weighted by Gasteiger charge is -2.33. The highest BCUT2D eigenvalue weighted by atomic mass is 15.2. The maximum atomic E-state index is 2.43. The van der Waals surface area contributed by atoms with Crippen LogP contribution in [0.1, 0.15) is 33.4 Å². The summed E-state index contributed by atoms with van der Waals surface area (Å²) in [5.74, 6) is 0. The van der Waals surface area contributed by atoms with E-state index in [4.69, 9.17) is 0 Å². The minimum Gasteiger partial charge on any atom is -0.314 e. The topological polar surface area (TPSA) is 6.48 Å². The Hall–Kier alpha value is -7.42. The van der Waals surface area contributed by atoms with Crippen LogP contribution in [0.3, 0.4) is 0 Å². The lowest BCUT2D eigenvalue weighted by Crippen LogP contribution is -2.18. The van der Waals surface area contributed by atoms with Crippen LogP contribution in [0.2, 0.25) is 0 Å². The van der Waals surface area contributed by atoms with Crippen molar-refractivity contribution in [1.82, 2.24) is 0 Å². The molecule has 0 N–H and O–H groups in total. The van der Waals surface area contributed by atoms with Gasteiger partial charge in [-0.2, -0.15) is 0 Å². The third-order valence-electron chi connectivity index (χ3n) is 10.8. The molecule has 0 atom stereocenters. The van der Waals surface area contributed by atoms with E-state index in [-0.39, 0.29) is 0 Å². The van der Waals surface area contributed by atoms with Crippen molar-refractivity contribution in [1.29, 1.82) is 0 Å². The third kappa shape index (κ3) is 7.32. The van der Waals surface area contributed by atoms with E-state index in [0.29, 0.717) is 0 Å². The Balaban J connectivity index is 1.45. The van der Waals surface area contributed by atoms with Crippen LogP contribution in [0, 0.1) is 13.8 Å². The predicted molar refractivity (Wildman–Crippen MR) is 248 cm³/mol. The van der Waals surface area contributed by atoms with Gasteiger partial charge >= 0.3 is 0 Å². The van der Waals surface area contributed by atoms with E-state index in [1.54, 1.807) is 0 Å². The Kier molecular flexibility index (Phi) is 10.2. The molecule has 9 aromatic rings. The maximum Gasteiger partial charge on any atom is 0.0783 e. The standard InChI is InChI=1S/C56H44N2/c1-41-31-35-47(36-32-41)57(39-53(43-19-7-3-8-20-43)44-21-9-4-10-22-44)55-51-29-17-15-27-49(51)50-28-16-18-30-52(50)56(55)58(48-37-33-42(2)34-38-48)40-54(45-23-11-5-12-24-45)46-25-13-6-14-26-46/h3-40H,1-2H3. The Bertz CT molecular complexity index is 2580. The first-order valence-corrected chi connectivity index (χ1v) is 19.9. The number of hydrogen-bond donors (Lipinski definition) is 0. The van der Waals surface area contributed by atoms with Crippen LogP contribution < -0.4 is 9.80 Å². The molecule has 0 aliphatic carbocycles. The largest absolute Gasteiger partial charge is 0.314 e. The zero-order valence-corrected chi connectivity index (χ0v) is 32.8. The fourth-order valence-corrected chi connectivity index (χ4v) is 7.90. The summed E-state index contributed by atoms with van der Waals surface area (Å²) < 4.78 is 0. The average Bonchev–Trinajstić information content (AvgIpc) is 3.29. The number of benzene rings is 9. The second kappa shape index (κ2) is 16.4. The predicted octanol–water partition coefficient (Wildman–Crippen LogP) is 15.1. The third-order valence-corrected chi connectivity index (χ3v) is 10.8. The van der Waals surface area contributed by atoms with Crippen molar-refractivity contribution in [2.45, 2.75) is 13.8 Å². The van der Waals surface area contributed by atoms with Gasteiger partial charge in [-0.05, 0) is 71.1 Å². The summed E-state index contributed by atoms with van der Waals surface area (Å²) in [7, 11) is 0. The molecule has 278 valence electrons. The number of aryl methyl sites for hydroxylation is 2. The fraction of sp³-hybridized carbons (Fsp3) is 0.0357. The van der Waals surface area contributed by atoms with E-state index in [1.165, 1.54) is 21.9 Å². The Labute approximate surface area is 341 Å². The van der Waals surface area contributed by atoms with E-state index >= 15 is 0 Å². The molecule has 2 heteroatoms. The SMILES string of the molecule is Cc1ccc(N(C=C(c2ccccc2)c2ccccc2)c2c(N(C=C(c3ccccc3)c3ccccc3)c3ccc(C)cc3)c3ccccc3c3ccccc23)cc1. The van der Waals surface area contributed by atoms with Gasteiger partial charge in [-0.15, -0.1) is 0 Å². The highest BCUT2D eigenvalue weighted by Gasteiger charge is 2.26. The number of hydrogen-bond acceptors (Lipinski definition) is 2. The zero-order chi connectivity index (χ0) is 39.3. The van der Waals surface area contributed by atoms with Crippen molar-refractivity contribution in [3.63, 3.8) is 0 Å². The molecule has 0 aliphatic heterocycles. The summed E-state index contributed by atoms with van der Waals surface area (Å²) in [6.45, 7) is 4.30. The Morgan fingerprint density at radius 3 is 0.845 bits per heavy atom. The smallest absolute Gasteiger partial charge is 0.0783 e. The number of nitrogens with zero attached hydrogens (tertiary/aromatic N) is 2. The van der Waals surface area contributed by atoms with Crippen molar-refractivity contribution in [2.75, 3.05) is 9.80 Å². The Morgan fingerprint density at radius 1 is 0.293 bits per heavy atom. The number of anilines is 4. The summed E-state index contributed by atoms with van der Waals surface area (Å²) in [4.78, 5) is 4.86. The van der Waals surface area contributed by atoms with E-state index in [1.807, 2.05) is 0 Å². The van der Waals surface area contributed by atoms with Crippen molar-refractivity contribution >= 4 is 55.4 Å². The van der Waals surface area contributed by atoms with E-state index in [9.17, 15) is 0 Å².